The molecular weight excluding hydrogens is 861 g/mol. The summed E-state index contributed by atoms with van der Waals surface area (Å²) in [6.07, 6.45) is 7.99. The molecule has 0 fully saturated rings. The molecule has 14 rings (SSSR count). The fourth-order valence-electron chi connectivity index (χ4n) is 11.2. The normalized spacial score (nSPS) is 15.0. The Morgan fingerprint density at radius 1 is 0.368 bits per heavy atom. The van der Waals surface area contributed by atoms with Crippen LogP contribution in [0.15, 0.2) is 256 Å². The second kappa shape index (κ2) is 16.0. The third-order valence-corrected chi connectivity index (χ3v) is 16.4. The number of hydrogen-bond donors (Lipinski definition) is 0. The lowest BCUT2D eigenvalue weighted by molar-refractivity contribution is 0.878. The molecule has 1 aliphatic carbocycles. The average molecular weight is 903 g/mol. The van der Waals surface area contributed by atoms with Crippen LogP contribution in [0.2, 0.25) is 0 Å². The van der Waals surface area contributed by atoms with E-state index in [9.17, 15) is 0 Å². The number of allylic oxidation sites excluding steroid dienone is 4. The first kappa shape index (κ1) is 39.4. The Kier molecular flexibility index (Phi) is 9.24. The van der Waals surface area contributed by atoms with Crippen LogP contribution >= 0.6 is 23.5 Å². The molecule has 0 N–H and O–H groups in total. The summed E-state index contributed by atoms with van der Waals surface area (Å²) < 4.78 is 0. The van der Waals surface area contributed by atoms with Crippen molar-refractivity contribution in [3.63, 3.8) is 0 Å². The van der Waals surface area contributed by atoms with Crippen molar-refractivity contribution in [2.24, 2.45) is 0 Å². The van der Waals surface area contributed by atoms with E-state index in [-0.39, 0.29) is 5.92 Å². The monoisotopic (exact) mass is 902 g/mol. The fourth-order valence-corrected chi connectivity index (χ4v) is 13.3. The summed E-state index contributed by atoms with van der Waals surface area (Å²) in [6, 6.07) is 81.3. The minimum Gasteiger partial charge on any atom is -0.308 e. The van der Waals surface area contributed by atoms with E-state index in [1.165, 1.54) is 113 Å². The molecule has 0 bridgehead atoms. The maximum absolute atomic E-state index is 2.50. The van der Waals surface area contributed by atoms with Gasteiger partial charge >= 0.3 is 0 Å². The Bertz CT molecular complexity index is 3840. The number of anilines is 6. The highest BCUT2D eigenvalue weighted by atomic mass is 32.2. The second-order valence-corrected chi connectivity index (χ2v) is 20.1. The van der Waals surface area contributed by atoms with E-state index in [2.05, 4.69) is 246 Å². The third kappa shape index (κ3) is 6.29. The van der Waals surface area contributed by atoms with Gasteiger partial charge in [0.05, 0.1) is 22.7 Å². The number of nitrogens with zero attached hydrogens (tertiary/aromatic N) is 2. The molecular formula is C64H42N2S2. The summed E-state index contributed by atoms with van der Waals surface area (Å²) in [5, 5.41) is 10.1. The molecule has 0 spiro atoms. The average Bonchev–Trinajstić information content (AvgIpc) is 3.40. The Morgan fingerprint density at radius 2 is 0.824 bits per heavy atom. The van der Waals surface area contributed by atoms with Crippen LogP contribution in [0.4, 0.5) is 34.1 Å². The molecule has 1 atom stereocenters. The predicted molar refractivity (Wildman–Crippen MR) is 290 cm³/mol. The maximum atomic E-state index is 2.50. The summed E-state index contributed by atoms with van der Waals surface area (Å²) in [6.45, 7) is 0. The Labute approximate surface area is 404 Å². The van der Waals surface area contributed by atoms with Crippen LogP contribution in [0, 0.1) is 0 Å². The number of hydrogen-bond acceptors (Lipinski definition) is 4. The van der Waals surface area contributed by atoms with Gasteiger partial charge in [0, 0.05) is 36.9 Å². The van der Waals surface area contributed by atoms with Crippen LogP contribution in [0.25, 0.3) is 59.8 Å². The van der Waals surface area contributed by atoms with Gasteiger partial charge in [0.2, 0.25) is 0 Å². The van der Waals surface area contributed by atoms with Gasteiger partial charge in [-0.25, -0.2) is 0 Å². The van der Waals surface area contributed by atoms with E-state index in [0.29, 0.717) is 0 Å². The Balaban J connectivity index is 1.08. The lowest BCUT2D eigenvalue weighted by atomic mass is 9.79. The zero-order valence-corrected chi connectivity index (χ0v) is 38.6. The number of rotatable bonds is 5. The van der Waals surface area contributed by atoms with Gasteiger partial charge in [0.1, 0.15) is 0 Å². The molecule has 1 unspecified atom stereocenters. The van der Waals surface area contributed by atoms with Gasteiger partial charge in [-0.05, 0) is 150 Å². The maximum Gasteiger partial charge on any atom is 0.0601 e. The van der Waals surface area contributed by atoms with Crippen molar-refractivity contribution < 1.29 is 0 Å². The summed E-state index contributed by atoms with van der Waals surface area (Å²) in [4.78, 5) is 9.98. The van der Waals surface area contributed by atoms with Crippen molar-refractivity contribution in [2.75, 3.05) is 9.80 Å². The smallest absolute Gasteiger partial charge is 0.0601 e. The van der Waals surface area contributed by atoms with Crippen molar-refractivity contribution in [3.05, 3.63) is 248 Å². The van der Waals surface area contributed by atoms with Crippen molar-refractivity contribution in [2.45, 2.75) is 31.9 Å². The molecule has 0 saturated heterocycles. The summed E-state index contributed by atoms with van der Waals surface area (Å²) in [5.74, 6) is 0.211. The van der Waals surface area contributed by atoms with Crippen molar-refractivity contribution in [3.8, 4) is 11.1 Å². The highest BCUT2D eigenvalue weighted by Gasteiger charge is 2.30. The predicted octanol–water partition coefficient (Wildman–Crippen LogP) is 19.0. The molecule has 11 aromatic carbocycles. The molecule has 0 radical (unpaired) electrons. The zero-order valence-electron chi connectivity index (χ0n) is 37.0. The van der Waals surface area contributed by atoms with Gasteiger partial charge in [0.15, 0.2) is 0 Å². The van der Waals surface area contributed by atoms with Crippen LogP contribution < -0.4 is 9.80 Å². The summed E-state index contributed by atoms with van der Waals surface area (Å²) >= 11 is 3.70. The minimum absolute atomic E-state index is 0.211. The van der Waals surface area contributed by atoms with E-state index < -0.39 is 0 Å². The van der Waals surface area contributed by atoms with E-state index in [1.807, 2.05) is 23.5 Å². The lowest BCUT2D eigenvalue weighted by Gasteiger charge is -2.34. The molecule has 320 valence electrons. The standard InChI is InChI=1S/C64H42N2S2/c1-3-22-47-41(16-1)18-14-24-49(47)43-20-13-21-44(38-43)63-51-36-34-46(66-57-28-7-11-32-61(57)68-62-33-12-8-29-58(62)66)40-54(51)64(50-25-15-19-42-17-2-4-23-48(42)50)52-37-35-45(39-53(52)63)65-55-26-5-9-30-59(55)67-60-31-10-6-27-56(60)65/h1-37,39-40,43H,38H2. The van der Waals surface area contributed by atoms with Crippen LogP contribution in [-0.2, 0) is 0 Å². The molecule has 4 heteroatoms. The molecule has 3 aliphatic rings. The van der Waals surface area contributed by atoms with Crippen LogP contribution in [0.1, 0.15) is 23.5 Å². The minimum atomic E-state index is 0.211. The van der Waals surface area contributed by atoms with Crippen LogP contribution in [0.3, 0.4) is 0 Å². The highest BCUT2D eigenvalue weighted by Crippen LogP contribution is 2.56. The van der Waals surface area contributed by atoms with Gasteiger partial charge < -0.3 is 9.80 Å². The molecule has 0 aromatic heterocycles. The summed E-state index contributed by atoms with van der Waals surface area (Å²) in [5.41, 5.74) is 13.6. The Hall–Kier alpha value is -7.76. The van der Waals surface area contributed by atoms with Gasteiger partial charge in [0.25, 0.3) is 0 Å². The zero-order chi connectivity index (χ0) is 44.7. The lowest BCUT2D eigenvalue weighted by Crippen LogP contribution is -2.15. The molecule has 2 nitrogen and oxygen atoms in total. The largest absolute Gasteiger partial charge is 0.308 e. The van der Waals surface area contributed by atoms with Crippen molar-refractivity contribution in [1.29, 1.82) is 0 Å². The molecule has 0 amide bonds. The van der Waals surface area contributed by atoms with E-state index >= 15 is 0 Å². The van der Waals surface area contributed by atoms with E-state index in [1.54, 1.807) is 0 Å². The molecule has 2 heterocycles. The summed E-state index contributed by atoms with van der Waals surface area (Å²) in [7, 11) is 0. The number of benzene rings is 11. The molecule has 0 saturated carbocycles. The van der Waals surface area contributed by atoms with Crippen LogP contribution in [-0.4, -0.2) is 0 Å². The van der Waals surface area contributed by atoms with Crippen LogP contribution in [0.5, 0.6) is 0 Å². The number of fused-ring (bicyclic) bond motifs is 8. The van der Waals surface area contributed by atoms with Gasteiger partial charge in [-0.2, -0.15) is 0 Å². The SMILES string of the molecule is C1=CC(c2cccc3ccccc23)CC(c2c3cc(N4c5ccccc5Sc5ccccc54)ccc3c(-c3cccc4ccccc34)c3cc(N4c5ccccc5Sc5ccccc54)ccc23)=C1. The van der Waals surface area contributed by atoms with Crippen molar-refractivity contribution in [1.82, 2.24) is 0 Å². The van der Waals surface area contributed by atoms with Gasteiger partial charge in [-0.15, -0.1) is 0 Å². The molecule has 68 heavy (non-hydrogen) atoms. The first-order chi connectivity index (χ1) is 33.7. The molecule has 11 aromatic rings. The number of para-hydroxylation sites is 4. The Morgan fingerprint density at radius 3 is 1.41 bits per heavy atom. The van der Waals surface area contributed by atoms with E-state index in [0.717, 1.165) is 17.8 Å². The van der Waals surface area contributed by atoms with Gasteiger partial charge in [-0.1, -0.05) is 187 Å². The first-order valence-electron chi connectivity index (χ1n) is 23.4. The van der Waals surface area contributed by atoms with Crippen molar-refractivity contribution >= 4 is 106 Å². The first-order valence-corrected chi connectivity index (χ1v) is 25.1. The topological polar surface area (TPSA) is 6.48 Å². The fraction of sp³-hybridized carbons (Fsp3) is 0.0312. The molecule has 2 aliphatic heterocycles. The van der Waals surface area contributed by atoms with Gasteiger partial charge in [-0.3, -0.25) is 0 Å². The highest BCUT2D eigenvalue weighted by molar-refractivity contribution is 8.00. The second-order valence-electron chi connectivity index (χ2n) is 17.9. The third-order valence-electron chi connectivity index (χ3n) is 14.1. The van der Waals surface area contributed by atoms with E-state index in [4.69, 9.17) is 0 Å². The quantitative estimate of drug-likeness (QED) is 0.159.